The number of ketones is 1. The maximum Gasteiger partial charge on any atom is 0.239 e. The lowest BCUT2D eigenvalue weighted by Gasteiger charge is -1.96. The van der Waals surface area contributed by atoms with Gasteiger partial charge in [0.2, 0.25) is 5.82 Å². The second-order valence-electron chi connectivity index (χ2n) is 4.43. The smallest absolute Gasteiger partial charge is 0.239 e. The maximum atomic E-state index is 12.1. The summed E-state index contributed by atoms with van der Waals surface area (Å²) in [5, 5.41) is 24.2. The van der Waals surface area contributed by atoms with Gasteiger partial charge in [0.05, 0.1) is 0 Å². The van der Waals surface area contributed by atoms with E-state index in [4.69, 9.17) is 0 Å². The van der Waals surface area contributed by atoms with Gasteiger partial charge in [0.1, 0.15) is 0 Å². The van der Waals surface area contributed by atoms with Crippen molar-refractivity contribution < 1.29 is 9.90 Å². The Kier molecular flexibility index (Phi) is 4.01. The SMILES string of the molecule is O=C(C=C(O)c1nn[nH]n1)c1csc(Cc2ccccn2)c1. The first-order chi connectivity index (χ1) is 10.7. The van der Waals surface area contributed by atoms with Crippen LogP contribution in [0.3, 0.4) is 0 Å². The number of carbonyl (C=O) groups excluding carboxylic acids is 1. The van der Waals surface area contributed by atoms with E-state index >= 15 is 0 Å². The molecule has 0 aliphatic carbocycles. The van der Waals surface area contributed by atoms with E-state index in [1.165, 1.54) is 11.3 Å². The monoisotopic (exact) mass is 313 g/mol. The van der Waals surface area contributed by atoms with E-state index in [1.807, 2.05) is 18.2 Å². The van der Waals surface area contributed by atoms with Gasteiger partial charge in [0, 0.05) is 40.2 Å². The summed E-state index contributed by atoms with van der Waals surface area (Å²) in [4.78, 5) is 17.4. The van der Waals surface area contributed by atoms with Crippen LogP contribution in [0.25, 0.3) is 5.76 Å². The van der Waals surface area contributed by atoms with Crippen molar-refractivity contribution in [2.45, 2.75) is 6.42 Å². The first-order valence-corrected chi connectivity index (χ1v) is 7.26. The van der Waals surface area contributed by atoms with E-state index in [0.29, 0.717) is 12.0 Å². The number of rotatable bonds is 5. The van der Waals surface area contributed by atoms with Gasteiger partial charge in [0.25, 0.3) is 0 Å². The molecule has 0 radical (unpaired) electrons. The first-order valence-electron chi connectivity index (χ1n) is 6.38. The summed E-state index contributed by atoms with van der Waals surface area (Å²) in [6.07, 6.45) is 3.48. The van der Waals surface area contributed by atoms with Crippen molar-refractivity contribution in [2.24, 2.45) is 0 Å². The third kappa shape index (κ3) is 3.23. The van der Waals surface area contributed by atoms with Crippen molar-refractivity contribution in [3.8, 4) is 0 Å². The van der Waals surface area contributed by atoms with Crippen LogP contribution < -0.4 is 0 Å². The van der Waals surface area contributed by atoms with E-state index in [0.717, 1.165) is 16.6 Å². The Morgan fingerprint density at radius 2 is 2.32 bits per heavy atom. The summed E-state index contributed by atoms with van der Waals surface area (Å²) in [7, 11) is 0. The van der Waals surface area contributed by atoms with Crippen molar-refractivity contribution in [3.63, 3.8) is 0 Å². The van der Waals surface area contributed by atoms with Gasteiger partial charge in [-0.2, -0.15) is 5.21 Å². The lowest BCUT2D eigenvalue weighted by Crippen LogP contribution is -1.96. The largest absolute Gasteiger partial charge is 0.504 e. The molecule has 0 aliphatic heterocycles. The minimum Gasteiger partial charge on any atom is -0.504 e. The molecular weight excluding hydrogens is 302 g/mol. The standard InChI is InChI=1S/C14H11N5O2S/c20-12(7-13(21)14-16-18-19-17-14)9-5-11(22-8-9)6-10-3-1-2-4-15-10/h1-5,7-8,21H,6H2,(H,16,17,18,19). The minimum absolute atomic E-state index is 0.0164. The van der Waals surface area contributed by atoms with Gasteiger partial charge < -0.3 is 5.11 Å². The van der Waals surface area contributed by atoms with Crippen LogP contribution >= 0.6 is 11.3 Å². The maximum absolute atomic E-state index is 12.1. The number of tetrazole rings is 1. The molecule has 0 unspecified atom stereocenters. The zero-order valence-electron chi connectivity index (χ0n) is 11.3. The molecule has 3 rings (SSSR count). The molecule has 0 bridgehead atoms. The highest BCUT2D eigenvalue weighted by atomic mass is 32.1. The van der Waals surface area contributed by atoms with Crippen LogP contribution in [-0.2, 0) is 6.42 Å². The highest BCUT2D eigenvalue weighted by Gasteiger charge is 2.11. The molecule has 0 aromatic carbocycles. The number of aliphatic hydroxyl groups excluding tert-OH is 1. The quantitative estimate of drug-likeness (QED) is 0.424. The van der Waals surface area contributed by atoms with Crippen LogP contribution in [0.4, 0.5) is 0 Å². The van der Waals surface area contributed by atoms with Crippen molar-refractivity contribution >= 4 is 22.9 Å². The molecule has 0 atom stereocenters. The van der Waals surface area contributed by atoms with Gasteiger partial charge in [-0.15, -0.1) is 21.5 Å². The molecule has 0 fully saturated rings. The molecule has 3 aromatic rings. The molecule has 2 N–H and O–H groups in total. The number of aromatic amines is 1. The number of hydrogen-bond acceptors (Lipinski definition) is 7. The number of hydrogen-bond donors (Lipinski definition) is 2. The Bertz CT molecular complexity index is 796. The lowest BCUT2D eigenvalue weighted by molar-refractivity contribution is 0.104. The van der Waals surface area contributed by atoms with Gasteiger partial charge in [-0.3, -0.25) is 9.78 Å². The number of H-pyrrole nitrogens is 1. The number of nitrogens with one attached hydrogen (secondary N) is 1. The second-order valence-corrected chi connectivity index (χ2v) is 5.42. The summed E-state index contributed by atoms with van der Waals surface area (Å²) >= 11 is 1.48. The summed E-state index contributed by atoms with van der Waals surface area (Å²) in [5.74, 6) is -0.653. The van der Waals surface area contributed by atoms with Crippen molar-refractivity contribution in [1.82, 2.24) is 25.6 Å². The highest BCUT2D eigenvalue weighted by Crippen LogP contribution is 2.19. The fourth-order valence-corrected chi connectivity index (χ4v) is 2.71. The molecule has 110 valence electrons. The molecule has 0 saturated carbocycles. The Morgan fingerprint density at radius 1 is 1.41 bits per heavy atom. The minimum atomic E-state index is -0.323. The number of allylic oxidation sites excluding steroid dienone is 1. The number of pyridine rings is 1. The topological polar surface area (TPSA) is 105 Å². The number of aromatic nitrogens is 5. The van der Waals surface area contributed by atoms with Gasteiger partial charge in [-0.1, -0.05) is 6.07 Å². The Labute approximate surface area is 129 Å². The number of aliphatic hydroxyl groups is 1. The van der Waals surface area contributed by atoms with E-state index in [1.54, 1.807) is 17.6 Å². The van der Waals surface area contributed by atoms with Gasteiger partial charge >= 0.3 is 0 Å². The number of thiophene rings is 1. The molecule has 3 heterocycles. The van der Waals surface area contributed by atoms with E-state index < -0.39 is 0 Å². The fourth-order valence-electron chi connectivity index (χ4n) is 1.83. The van der Waals surface area contributed by atoms with Crippen LogP contribution in [0.1, 0.15) is 26.8 Å². The van der Waals surface area contributed by atoms with Crippen LogP contribution in [0.5, 0.6) is 0 Å². The molecule has 22 heavy (non-hydrogen) atoms. The Balaban J connectivity index is 1.73. The molecule has 0 aliphatic rings. The average Bonchev–Trinajstić information content (AvgIpc) is 3.19. The molecule has 0 saturated heterocycles. The molecule has 7 nitrogen and oxygen atoms in total. The molecule has 3 aromatic heterocycles. The number of nitrogens with zero attached hydrogens (tertiary/aromatic N) is 4. The molecule has 0 amide bonds. The van der Waals surface area contributed by atoms with Crippen molar-refractivity contribution in [3.05, 3.63) is 63.9 Å². The summed E-state index contributed by atoms with van der Waals surface area (Å²) in [5.41, 5.74) is 1.44. The fraction of sp³-hybridized carbons (Fsp3) is 0.0714. The summed E-state index contributed by atoms with van der Waals surface area (Å²) in [6, 6.07) is 7.51. The lowest BCUT2D eigenvalue weighted by atomic mass is 10.1. The van der Waals surface area contributed by atoms with Crippen LogP contribution in [0.15, 0.2) is 41.9 Å². The van der Waals surface area contributed by atoms with Crippen LogP contribution in [-0.4, -0.2) is 36.5 Å². The van der Waals surface area contributed by atoms with E-state index in [-0.39, 0.29) is 17.4 Å². The zero-order valence-corrected chi connectivity index (χ0v) is 12.1. The Hall–Kier alpha value is -2.87. The van der Waals surface area contributed by atoms with Gasteiger partial charge in [-0.05, 0) is 23.4 Å². The highest BCUT2D eigenvalue weighted by molar-refractivity contribution is 7.10. The molecule has 0 spiro atoms. The normalized spacial score (nSPS) is 11.5. The average molecular weight is 313 g/mol. The van der Waals surface area contributed by atoms with Crippen LogP contribution in [0, 0.1) is 0 Å². The van der Waals surface area contributed by atoms with E-state index in [2.05, 4.69) is 25.6 Å². The zero-order chi connectivity index (χ0) is 15.4. The molecular formula is C14H11N5O2S. The van der Waals surface area contributed by atoms with Crippen molar-refractivity contribution in [2.75, 3.05) is 0 Å². The predicted molar refractivity (Wildman–Crippen MR) is 80.5 cm³/mol. The second kappa shape index (κ2) is 6.27. The first kappa shape index (κ1) is 14.1. The molecule has 8 heteroatoms. The van der Waals surface area contributed by atoms with Gasteiger partial charge in [0.15, 0.2) is 11.5 Å². The Morgan fingerprint density at radius 3 is 3.05 bits per heavy atom. The predicted octanol–water partition coefficient (Wildman–Crippen LogP) is 2.03. The van der Waals surface area contributed by atoms with Gasteiger partial charge in [-0.25, -0.2) is 0 Å². The van der Waals surface area contributed by atoms with E-state index in [9.17, 15) is 9.90 Å². The van der Waals surface area contributed by atoms with Crippen molar-refractivity contribution in [1.29, 1.82) is 0 Å². The number of carbonyl (C=O) groups is 1. The summed E-state index contributed by atoms with van der Waals surface area (Å²) in [6.45, 7) is 0. The summed E-state index contributed by atoms with van der Waals surface area (Å²) < 4.78 is 0. The third-order valence-electron chi connectivity index (χ3n) is 2.86. The van der Waals surface area contributed by atoms with Crippen LogP contribution in [0.2, 0.25) is 0 Å². The third-order valence-corrected chi connectivity index (χ3v) is 3.80.